The van der Waals surface area contributed by atoms with Crippen LogP contribution in [0.1, 0.15) is 11.1 Å². The Morgan fingerprint density at radius 2 is 0.912 bits per heavy atom. The van der Waals surface area contributed by atoms with E-state index in [-0.39, 0.29) is 0 Å². The zero-order chi connectivity index (χ0) is 23.9. The summed E-state index contributed by atoms with van der Waals surface area (Å²) in [6, 6.07) is 26.8. The van der Waals surface area contributed by atoms with Crippen LogP contribution in [0.15, 0.2) is 105 Å². The number of aliphatic imine (C=N–C) groups is 2. The molecule has 0 saturated heterocycles. The summed E-state index contributed by atoms with van der Waals surface area (Å²) >= 11 is 24.2. The van der Waals surface area contributed by atoms with E-state index in [1.807, 2.05) is 60.7 Å². The molecule has 0 heterocycles. The lowest BCUT2D eigenvalue weighted by molar-refractivity contribution is 1.38. The van der Waals surface area contributed by atoms with Gasteiger partial charge in [0.05, 0.1) is 31.5 Å². The molecule has 4 aromatic rings. The maximum Gasteiger partial charge on any atom is 0.0774 e. The maximum absolute atomic E-state index is 6.11. The number of hydrogen-bond donors (Lipinski definition) is 0. The normalized spacial score (nSPS) is 11.5. The summed E-state index contributed by atoms with van der Waals surface area (Å²) in [6.07, 6.45) is 3.56. The van der Waals surface area contributed by atoms with Crippen molar-refractivity contribution in [2.45, 2.75) is 9.79 Å². The second-order valence-electron chi connectivity index (χ2n) is 6.97. The van der Waals surface area contributed by atoms with E-state index < -0.39 is 0 Å². The molecule has 0 radical (unpaired) electrons. The molecule has 0 aromatic heterocycles. The molecular formula is C26H16Cl4N2S2. The molecule has 8 heteroatoms. The summed E-state index contributed by atoms with van der Waals surface area (Å²) in [5.74, 6) is 0. The Hall–Kier alpha value is -1.92. The highest BCUT2D eigenvalue weighted by Crippen LogP contribution is 2.44. The van der Waals surface area contributed by atoms with E-state index in [1.54, 1.807) is 58.3 Å². The van der Waals surface area contributed by atoms with Gasteiger partial charge in [-0.25, -0.2) is 0 Å². The van der Waals surface area contributed by atoms with Gasteiger partial charge in [0.15, 0.2) is 0 Å². The second-order valence-corrected chi connectivity index (χ2v) is 10.8. The Balaban J connectivity index is 1.50. The Labute approximate surface area is 226 Å². The molecule has 0 amide bonds. The van der Waals surface area contributed by atoms with E-state index in [0.717, 1.165) is 32.3 Å². The molecule has 0 bridgehead atoms. The van der Waals surface area contributed by atoms with Crippen molar-refractivity contribution in [3.63, 3.8) is 0 Å². The van der Waals surface area contributed by atoms with Gasteiger partial charge in [0.1, 0.15) is 0 Å². The van der Waals surface area contributed by atoms with Crippen LogP contribution in [-0.4, -0.2) is 12.4 Å². The molecule has 0 aliphatic rings. The zero-order valence-corrected chi connectivity index (χ0v) is 22.1. The van der Waals surface area contributed by atoms with Gasteiger partial charge < -0.3 is 0 Å². The van der Waals surface area contributed by atoms with Crippen LogP contribution < -0.4 is 0 Å². The molecule has 0 aliphatic heterocycles. The van der Waals surface area contributed by atoms with E-state index in [1.165, 1.54) is 0 Å². The average Bonchev–Trinajstić information content (AvgIpc) is 2.85. The molecule has 0 aliphatic carbocycles. The summed E-state index contributed by atoms with van der Waals surface area (Å²) in [5, 5.41) is 2.04. The quantitative estimate of drug-likeness (QED) is 0.165. The minimum atomic E-state index is 0.502. The smallest absolute Gasteiger partial charge is 0.0774 e. The van der Waals surface area contributed by atoms with Crippen LogP contribution in [-0.2, 0) is 0 Å². The molecular weight excluding hydrogens is 546 g/mol. The van der Waals surface area contributed by atoms with Crippen molar-refractivity contribution in [2.24, 2.45) is 9.98 Å². The standard InChI is InChI=1S/C26H16Cl4N2S2/c27-19-11-9-17(13-21(19)29)15-31-23-5-1-3-7-25(23)33-34-26-8-4-2-6-24(26)32-16-18-10-12-20(28)22(30)14-18/h1-16H. The third-order valence-corrected chi connectivity index (χ3v) is 8.48. The van der Waals surface area contributed by atoms with Crippen molar-refractivity contribution in [3.8, 4) is 0 Å². The molecule has 4 aromatic carbocycles. The SMILES string of the molecule is Clc1ccc(C=Nc2ccccc2SSc2ccccc2N=Cc2ccc(Cl)c(Cl)c2)cc1Cl. The summed E-state index contributed by atoms with van der Waals surface area (Å²) in [5.41, 5.74) is 3.48. The Morgan fingerprint density at radius 1 is 0.500 bits per heavy atom. The molecule has 0 N–H and O–H groups in total. The molecule has 0 spiro atoms. The first-order chi connectivity index (χ1) is 16.5. The number of halogens is 4. The van der Waals surface area contributed by atoms with Gasteiger partial charge in [-0.15, -0.1) is 0 Å². The fraction of sp³-hybridized carbons (Fsp3) is 0. The van der Waals surface area contributed by atoms with Crippen LogP contribution >= 0.6 is 68.0 Å². The highest BCUT2D eigenvalue weighted by molar-refractivity contribution is 8.76. The zero-order valence-electron chi connectivity index (χ0n) is 17.5. The molecule has 170 valence electrons. The van der Waals surface area contributed by atoms with Crippen LogP contribution in [0, 0.1) is 0 Å². The summed E-state index contributed by atoms with van der Waals surface area (Å²) < 4.78 is 0. The van der Waals surface area contributed by atoms with Gasteiger partial charge in [-0.05, 0) is 59.7 Å². The van der Waals surface area contributed by atoms with E-state index in [9.17, 15) is 0 Å². The monoisotopic (exact) mass is 560 g/mol. The first-order valence-electron chi connectivity index (χ1n) is 10.0. The maximum atomic E-state index is 6.11. The predicted molar refractivity (Wildman–Crippen MR) is 152 cm³/mol. The third-order valence-electron chi connectivity index (χ3n) is 4.54. The van der Waals surface area contributed by atoms with Crippen LogP contribution in [0.25, 0.3) is 0 Å². The summed E-state index contributed by atoms with van der Waals surface area (Å²) in [7, 11) is 3.25. The highest BCUT2D eigenvalue weighted by atomic mass is 35.5. The third kappa shape index (κ3) is 6.82. The molecule has 4 rings (SSSR count). The summed E-state index contributed by atoms with van der Waals surface area (Å²) in [6.45, 7) is 0. The van der Waals surface area contributed by atoms with E-state index >= 15 is 0 Å². The van der Waals surface area contributed by atoms with Gasteiger partial charge in [0.2, 0.25) is 0 Å². The molecule has 0 atom stereocenters. The van der Waals surface area contributed by atoms with E-state index in [0.29, 0.717) is 20.1 Å². The minimum absolute atomic E-state index is 0.502. The molecule has 34 heavy (non-hydrogen) atoms. The van der Waals surface area contributed by atoms with Gasteiger partial charge in [-0.1, -0.05) is 104 Å². The highest BCUT2D eigenvalue weighted by Gasteiger charge is 2.07. The van der Waals surface area contributed by atoms with Crippen molar-refractivity contribution < 1.29 is 0 Å². The Kier molecular flexibility index (Phi) is 9.01. The van der Waals surface area contributed by atoms with E-state index in [4.69, 9.17) is 46.4 Å². The second kappa shape index (κ2) is 12.2. The van der Waals surface area contributed by atoms with Crippen molar-refractivity contribution in [1.82, 2.24) is 0 Å². The fourth-order valence-electron chi connectivity index (χ4n) is 2.83. The van der Waals surface area contributed by atoms with Gasteiger partial charge >= 0.3 is 0 Å². The van der Waals surface area contributed by atoms with Gasteiger partial charge in [-0.2, -0.15) is 0 Å². The minimum Gasteiger partial charge on any atom is -0.255 e. The number of nitrogens with zero attached hydrogens (tertiary/aromatic N) is 2. The number of hydrogen-bond acceptors (Lipinski definition) is 4. The summed E-state index contributed by atoms with van der Waals surface area (Å²) in [4.78, 5) is 11.4. The number of benzene rings is 4. The Morgan fingerprint density at radius 3 is 1.32 bits per heavy atom. The van der Waals surface area contributed by atoms with Crippen LogP contribution in [0.2, 0.25) is 20.1 Å². The van der Waals surface area contributed by atoms with Crippen molar-refractivity contribution >= 4 is 91.8 Å². The van der Waals surface area contributed by atoms with Crippen molar-refractivity contribution in [2.75, 3.05) is 0 Å². The molecule has 0 unspecified atom stereocenters. The van der Waals surface area contributed by atoms with Crippen LogP contribution in [0.3, 0.4) is 0 Å². The van der Waals surface area contributed by atoms with Crippen molar-refractivity contribution in [3.05, 3.63) is 116 Å². The first kappa shape index (κ1) is 25.2. The van der Waals surface area contributed by atoms with Crippen molar-refractivity contribution in [1.29, 1.82) is 0 Å². The van der Waals surface area contributed by atoms with Crippen LogP contribution in [0.4, 0.5) is 11.4 Å². The molecule has 2 nitrogen and oxygen atoms in total. The average molecular weight is 562 g/mol. The largest absolute Gasteiger partial charge is 0.255 e. The molecule has 0 fully saturated rings. The first-order valence-corrected chi connectivity index (χ1v) is 13.7. The number of rotatable bonds is 7. The van der Waals surface area contributed by atoms with Gasteiger partial charge in [0.25, 0.3) is 0 Å². The lowest BCUT2D eigenvalue weighted by atomic mass is 10.2. The lowest BCUT2D eigenvalue weighted by Crippen LogP contribution is -1.82. The predicted octanol–water partition coefficient (Wildman–Crippen LogP) is 10.6. The molecule has 0 saturated carbocycles. The van der Waals surface area contributed by atoms with Crippen LogP contribution in [0.5, 0.6) is 0 Å². The van der Waals surface area contributed by atoms with Gasteiger partial charge in [0, 0.05) is 22.2 Å². The van der Waals surface area contributed by atoms with E-state index in [2.05, 4.69) is 9.98 Å². The Bertz CT molecular complexity index is 1270. The van der Waals surface area contributed by atoms with Gasteiger partial charge in [-0.3, -0.25) is 9.98 Å². The fourth-order valence-corrected chi connectivity index (χ4v) is 5.69. The number of para-hydroxylation sites is 2. The topological polar surface area (TPSA) is 24.7 Å². The lowest BCUT2D eigenvalue weighted by Gasteiger charge is -2.07.